The summed E-state index contributed by atoms with van der Waals surface area (Å²) in [5, 5.41) is 10.5. The molecule has 2 nitrogen and oxygen atoms in total. The van der Waals surface area contributed by atoms with Crippen molar-refractivity contribution in [2.45, 2.75) is 61.5 Å². The summed E-state index contributed by atoms with van der Waals surface area (Å²) in [6, 6.07) is 10.3. The third kappa shape index (κ3) is 3.57. The van der Waals surface area contributed by atoms with Crippen molar-refractivity contribution in [2.75, 3.05) is 0 Å². The molecule has 2 aliphatic rings. The Hall–Kier alpha value is -1.22. The van der Waals surface area contributed by atoms with Gasteiger partial charge in [-0.3, -0.25) is 4.79 Å². The summed E-state index contributed by atoms with van der Waals surface area (Å²) >= 11 is 1.77. The number of allylic oxidation sites excluding steroid dienone is 1. The zero-order valence-electron chi connectivity index (χ0n) is 13.0. The smallest absolute Gasteiger partial charge is 0.163 e. The highest BCUT2D eigenvalue weighted by atomic mass is 32.2. The topological polar surface area (TPSA) is 37.3 Å². The van der Waals surface area contributed by atoms with Gasteiger partial charge in [0.25, 0.3) is 0 Å². The van der Waals surface area contributed by atoms with Gasteiger partial charge in [-0.2, -0.15) is 0 Å². The molecule has 3 rings (SSSR count). The fourth-order valence-corrected chi connectivity index (χ4v) is 5.10. The molecule has 22 heavy (non-hydrogen) atoms. The van der Waals surface area contributed by atoms with Gasteiger partial charge in [0.1, 0.15) is 5.76 Å². The summed E-state index contributed by atoms with van der Waals surface area (Å²) in [5.74, 6) is 1.04. The predicted octanol–water partition coefficient (Wildman–Crippen LogP) is 5.29. The summed E-state index contributed by atoms with van der Waals surface area (Å²) in [4.78, 5) is 13.6. The third-order valence-electron chi connectivity index (χ3n) is 4.80. The lowest BCUT2D eigenvalue weighted by atomic mass is 9.81. The maximum atomic E-state index is 12.4. The van der Waals surface area contributed by atoms with Crippen LogP contribution in [0, 0.1) is 5.92 Å². The molecule has 2 aliphatic carbocycles. The molecule has 0 radical (unpaired) electrons. The van der Waals surface area contributed by atoms with Gasteiger partial charge >= 0.3 is 0 Å². The number of thioether (sulfide) groups is 1. The second kappa shape index (κ2) is 7.36. The SMILES string of the molecule is O=C1CCCC(O)=C1[C@H](Sc1ccccc1)C1CCCCC1. The molecule has 1 atom stereocenters. The Labute approximate surface area is 137 Å². The number of ketones is 1. The molecule has 118 valence electrons. The van der Waals surface area contributed by atoms with E-state index in [-0.39, 0.29) is 11.0 Å². The molecule has 0 saturated heterocycles. The van der Waals surface area contributed by atoms with E-state index in [1.807, 2.05) is 18.2 Å². The number of hydrogen-bond acceptors (Lipinski definition) is 3. The average Bonchev–Trinajstić information content (AvgIpc) is 2.55. The van der Waals surface area contributed by atoms with Crippen LogP contribution in [0.5, 0.6) is 0 Å². The zero-order chi connectivity index (χ0) is 15.4. The summed E-state index contributed by atoms with van der Waals surface area (Å²) in [7, 11) is 0. The van der Waals surface area contributed by atoms with E-state index in [9.17, 15) is 9.90 Å². The quantitative estimate of drug-likeness (QED) is 0.767. The van der Waals surface area contributed by atoms with E-state index in [4.69, 9.17) is 0 Å². The average molecular weight is 316 g/mol. The van der Waals surface area contributed by atoms with Crippen molar-refractivity contribution in [1.29, 1.82) is 0 Å². The lowest BCUT2D eigenvalue weighted by Crippen LogP contribution is -2.29. The molecule has 3 heteroatoms. The minimum absolute atomic E-state index is 0.121. The van der Waals surface area contributed by atoms with Gasteiger partial charge in [-0.05, 0) is 37.3 Å². The van der Waals surface area contributed by atoms with Crippen LogP contribution in [-0.4, -0.2) is 16.1 Å². The van der Waals surface area contributed by atoms with Crippen LogP contribution in [0.3, 0.4) is 0 Å². The Balaban J connectivity index is 1.89. The van der Waals surface area contributed by atoms with Crippen LogP contribution in [0.2, 0.25) is 0 Å². The third-order valence-corrected chi connectivity index (χ3v) is 6.22. The molecule has 0 heterocycles. The van der Waals surface area contributed by atoms with Crippen LogP contribution in [0.25, 0.3) is 0 Å². The van der Waals surface area contributed by atoms with Gasteiger partial charge in [-0.1, -0.05) is 37.5 Å². The number of Topliss-reactive ketones (excluding diaryl/α,β-unsaturated/α-hetero) is 1. The molecule has 1 fully saturated rings. The Bertz CT molecular complexity index is 544. The van der Waals surface area contributed by atoms with Crippen LogP contribution in [0.15, 0.2) is 46.6 Å². The summed E-state index contributed by atoms with van der Waals surface area (Å²) in [6.45, 7) is 0. The molecule has 0 bridgehead atoms. The van der Waals surface area contributed by atoms with Gasteiger partial charge < -0.3 is 5.11 Å². The minimum atomic E-state index is 0.121. The van der Waals surface area contributed by atoms with E-state index in [2.05, 4.69) is 12.1 Å². The Morgan fingerprint density at radius 1 is 1.00 bits per heavy atom. The molecule has 0 aromatic heterocycles. The van der Waals surface area contributed by atoms with Crippen molar-refractivity contribution in [2.24, 2.45) is 5.92 Å². The number of carbonyl (C=O) groups excluding carboxylic acids is 1. The summed E-state index contributed by atoms with van der Waals surface area (Å²) in [5.41, 5.74) is 0.729. The van der Waals surface area contributed by atoms with Gasteiger partial charge in [0.2, 0.25) is 0 Å². The van der Waals surface area contributed by atoms with Crippen molar-refractivity contribution in [3.63, 3.8) is 0 Å². The van der Waals surface area contributed by atoms with E-state index in [0.717, 1.165) is 12.0 Å². The first kappa shape index (κ1) is 15.7. The fraction of sp³-hybridized carbons (Fsp3) is 0.526. The molecule has 1 N–H and O–H groups in total. The second-order valence-electron chi connectivity index (χ2n) is 6.39. The maximum absolute atomic E-state index is 12.4. The summed E-state index contributed by atoms with van der Waals surface area (Å²) in [6.07, 6.45) is 8.21. The van der Waals surface area contributed by atoms with Crippen molar-refractivity contribution >= 4 is 17.5 Å². The van der Waals surface area contributed by atoms with Gasteiger partial charge in [-0.25, -0.2) is 0 Å². The van der Waals surface area contributed by atoms with Crippen LogP contribution < -0.4 is 0 Å². The van der Waals surface area contributed by atoms with Gasteiger partial charge in [0.15, 0.2) is 5.78 Å². The van der Waals surface area contributed by atoms with Gasteiger partial charge in [0.05, 0.1) is 0 Å². The molecular formula is C19H24O2S. The second-order valence-corrected chi connectivity index (χ2v) is 7.60. The number of carbonyl (C=O) groups is 1. The number of rotatable bonds is 4. The maximum Gasteiger partial charge on any atom is 0.163 e. The van der Waals surface area contributed by atoms with Crippen LogP contribution in [0.4, 0.5) is 0 Å². The number of hydrogen-bond donors (Lipinski definition) is 1. The number of aliphatic hydroxyl groups excluding tert-OH is 1. The first-order valence-corrected chi connectivity index (χ1v) is 9.30. The Morgan fingerprint density at radius 2 is 1.73 bits per heavy atom. The highest BCUT2D eigenvalue weighted by Crippen LogP contribution is 2.42. The van der Waals surface area contributed by atoms with E-state index in [0.29, 0.717) is 24.5 Å². The highest BCUT2D eigenvalue weighted by Gasteiger charge is 2.34. The van der Waals surface area contributed by atoms with Crippen molar-refractivity contribution in [3.8, 4) is 0 Å². The summed E-state index contributed by atoms with van der Waals surface area (Å²) < 4.78 is 0. The van der Waals surface area contributed by atoms with E-state index in [1.165, 1.54) is 37.0 Å². The monoisotopic (exact) mass is 316 g/mol. The zero-order valence-corrected chi connectivity index (χ0v) is 13.8. The van der Waals surface area contributed by atoms with E-state index in [1.54, 1.807) is 11.8 Å². The number of aliphatic hydroxyl groups is 1. The van der Waals surface area contributed by atoms with Gasteiger partial charge in [-0.15, -0.1) is 11.8 Å². The highest BCUT2D eigenvalue weighted by molar-refractivity contribution is 8.00. The number of benzene rings is 1. The molecule has 0 aliphatic heterocycles. The lowest BCUT2D eigenvalue weighted by molar-refractivity contribution is -0.116. The standard InChI is InChI=1S/C19H24O2S/c20-16-12-7-13-17(21)18(16)19(14-8-3-1-4-9-14)22-15-10-5-2-6-11-15/h2,5-6,10-11,14,19-20H,1,3-4,7-9,12-13H2/t19-/m1/s1. The Morgan fingerprint density at radius 3 is 2.41 bits per heavy atom. The molecule has 0 spiro atoms. The molecule has 1 aromatic carbocycles. The molecule has 1 saturated carbocycles. The van der Waals surface area contributed by atoms with Crippen molar-refractivity contribution in [1.82, 2.24) is 0 Å². The fourth-order valence-electron chi connectivity index (χ4n) is 3.64. The molecular weight excluding hydrogens is 292 g/mol. The predicted molar refractivity (Wildman–Crippen MR) is 91.2 cm³/mol. The van der Waals surface area contributed by atoms with Gasteiger partial charge in [0, 0.05) is 28.6 Å². The first-order valence-electron chi connectivity index (χ1n) is 8.42. The van der Waals surface area contributed by atoms with E-state index >= 15 is 0 Å². The van der Waals surface area contributed by atoms with E-state index < -0.39 is 0 Å². The van der Waals surface area contributed by atoms with Crippen molar-refractivity contribution in [3.05, 3.63) is 41.7 Å². The van der Waals surface area contributed by atoms with Crippen LogP contribution >= 0.6 is 11.8 Å². The lowest BCUT2D eigenvalue weighted by Gasteiger charge is -2.33. The van der Waals surface area contributed by atoms with Crippen molar-refractivity contribution < 1.29 is 9.90 Å². The largest absolute Gasteiger partial charge is 0.512 e. The minimum Gasteiger partial charge on any atom is -0.512 e. The van der Waals surface area contributed by atoms with Crippen LogP contribution in [-0.2, 0) is 4.79 Å². The molecule has 0 unspecified atom stereocenters. The molecule has 1 aromatic rings. The molecule has 0 amide bonds. The Kier molecular flexibility index (Phi) is 5.24. The normalized spacial score (nSPS) is 21.9. The van der Waals surface area contributed by atoms with Crippen LogP contribution in [0.1, 0.15) is 51.4 Å². The first-order chi connectivity index (χ1) is 10.8.